The van der Waals surface area contributed by atoms with Gasteiger partial charge in [0, 0.05) is 46.0 Å². The number of nitrogens with zero attached hydrogens (tertiary/aromatic N) is 4. The van der Waals surface area contributed by atoms with Crippen molar-refractivity contribution in [3.63, 3.8) is 0 Å². The Morgan fingerprint density at radius 1 is 1.10 bits per heavy atom. The van der Waals surface area contributed by atoms with Crippen LogP contribution in [0, 0.1) is 6.92 Å². The molecule has 0 N–H and O–H groups in total. The lowest BCUT2D eigenvalue weighted by atomic mass is 10.1. The van der Waals surface area contributed by atoms with Gasteiger partial charge in [0.25, 0.3) is 0 Å². The number of hydrogen-bond acceptors (Lipinski definition) is 6. The lowest BCUT2D eigenvalue weighted by Gasteiger charge is -2.35. The molecule has 1 amide bonds. The Morgan fingerprint density at radius 2 is 1.79 bits per heavy atom. The summed E-state index contributed by atoms with van der Waals surface area (Å²) in [4.78, 5) is 23.4. The molecule has 7 heteroatoms. The Kier molecular flexibility index (Phi) is 6.93. The monoisotopic (exact) mass is 398 g/mol. The minimum absolute atomic E-state index is 0.116. The van der Waals surface area contributed by atoms with Crippen molar-refractivity contribution in [3.05, 3.63) is 47.7 Å². The molecular formula is C22H30N4O3. The highest BCUT2D eigenvalue weighted by Gasteiger charge is 2.21. The number of likely N-dealkylation sites (N-methyl/N-ethyl adjacent to an activating group) is 1. The summed E-state index contributed by atoms with van der Waals surface area (Å²) in [6, 6.07) is 9.85. The maximum absolute atomic E-state index is 12.8. The molecule has 0 atom stereocenters. The minimum atomic E-state index is 0.116. The van der Waals surface area contributed by atoms with Crippen molar-refractivity contribution >= 4 is 11.7 Å². The number of carbonyl (C=O) groups is 1. The van der Waals surface area contributed by atoms with Crippen LogP contribution in [0.25, 0.3) is 0 Å². The van der Waals surface area contributed by atoms with Crippen molar-refractivity contribution in [2.75, 3.05) is 58.9 Å². The first kappa shape index (κ1) is 20.9. The smallest absolute Gasteiger partial charge is 0.236 e. The molecule has 0 bridgehead atoms. The quantitative estimate of drug-likeness (QED) is 0.713. The number of methoxy groups -OCH3 is 2. The molecule has 7 nitrogen and oxygen atoms in total. The average Bonchev–Trinajstić information content (AvgIpc) is 2.75. The molecule has 2 heterocycles. The van der Waals surface area contributed by atoms with E-state index in [9.17, 15) is 4.79 Å². The summed E-state index contributed by atoms with van der Waals surface area (Å²) in [5, 5.41) is 0. The zero-order valence-corrected chi connectivity index (χ0v) is 17.7. The van der Waals surface area contributed by atoms with Crippen molar-refractivity contribution in [1.29, 1.82) is 0 Å². The molecule has 1 aliphatic heterocycles. The van der Waals surface area contributed by atoms with Crippen LogP contribution in [0.1, 0.15) is 11.1 Å². The highest BCUT2D eigenvalue weighted by molar-refractivity contribution is 5.78. The molecule has 156 valence electrons. The molecule has 1 saturated heterocycles. The van der Waals surface area contributed by atoms with Crippen LogP contribution in [-0.4, -0.2) is 74.7 Å². The van der Waals surface area contributed by atoms with Gasteiger partial charge in [0.05, 0.1) is 20.8 Å². The summed E-state index contributed by atoms with van der Waals surface area (Å²) in [5.74, 6) is 2.50. The summed E-state index contributed by atoms with van der Waals surface area (Å²) < 4.78 is 10.7. The fraction of sp³-hybridized carbons (Fsp3) is 0.455. The molecule has 29 heavy (non-hydrogen) atoms. The largest absolute Gasteiger partial charge is 0.493 e. The number of rotatable bonds is 7. The van der Waals surface area contributed by atoms with E-state index in [0.29, 0.717) is 24.6 Å². The number of hydrogen-bond donors (Lipinski definition) is 0. The van der Waals surface area contributed by atoms with E-state index in [4.69, 9.17) is 9.47 Å². The maximum atomic E-state index is 12.8. The van der Waals surface area contributed by atoms with Gasteiger partial charge in [-0.25, -0.2) is 4.98 Å². The molecule has 2 aromatic rings. The van der Waals surface area contributed by atoms with Crippen LogP contribution in [0.4, 0.5) is 5.82 Å². The predicted octanol–water partition coefficient (Wildman–Crippen LogP) is 2.19. The van der Waals surface area contributed by atoms with Gasteiger partial charge in [-0.3, -0.25) is 9.69 Å². The topological polar surface area (TPSA) is 58.1 Å². The van der Waals surface area contributed by atoms with Crippen LogP contribution in [0.15, 0.2) is 36.5 Å². The number of carbonyl (C=O) groups excluding carboxylic acids is 1. The van der Waals surface area contributed by atoms with E-state index in [-0.39, 0.29) is 5.91 Å². The summed E-state index contributed by atoms with van der Waals surface area (Å²) in [7, 11) is 5.10. The first-order valence-electron chi connectivity index (χ1n) is 9.85. The molecule has 0 spiro atoms. The minimum Gasteiger partial charge on any atom is -0.493 e. The molecule has 0 saturated carbocycles. The van der Waals surface area contributed by atoms with Crippen LogP contribution in [0.2, 0.25) is 0 Å². The van der Waals surface area contributed by atoms with Gasteiger partial charge in [-0.1, -0.05) is 6.07 Å². The zero-order valence-electron chi connectivity index (χ0n) is 17.7. The zero-order chi connectivity index (χ0) is 20.8. The van der Waals surface area contributed by atoms with E-state index >= 15 is 0 Å². The first-order chi connectivity index (χ1) is 14.0. The second kappa shape index (κ2) is 9.60. The number of amides is 1. The molecule has 1 aliphatic rings. The predicted molar refractivity (Wildman–Crippen MR) is 114 cm³/mol. The summed E-state index contributed by atoms with van der Waals surface area (Å²) in [6.45, 7) is 6.45. The molecule has 0 radical (unpaired) electrons. The Labute approximate surface area is 172 Å². The number of pyridine rings is 1. The van der Waals surface area contributed by atoms with E-state index in [1.54, 1.807) is 19.1 Å². The van der Waals surface area contributed by atoms with E-state index in [1.807, 2.05) is 50.5 Å². The third-order valence-corrected chi connectivity index (χ3v) is 5.38. The van der Waals surface area contributed by atoms with Crippen molar-refractivity contribution in [3.8, 4) is 11.5 Å². The third kappa shape index (κ3) is 5.17. The lowest BCUT2D eigenvalue weighted by Crippen LogP contribution is -2.49. The van der Waals surface area contributed by atoms with Crippen molar-refractivity contribution < 1.29 is 14.3 Å². The molecule has 0 aliphatic carbocycles. The Balaban J connectivity index is 1.54. The normalized spacial score (nSPS) is 14.6. The average molecular weight is 399 g/mol. The van der Waals surface area contributed by atoms with Gasteiger partial charge in [-0.05, 0) is 42.3 Å². The van der Waals surface area contributed by atoms with Crippen LogP contribution in [0.5, 0.6) is 11.5 Å². The number of ether oxygens (including phenoxy) is 2. The van der Waals surface area contributed by atoms with Crippen molar-refractivity contribution in [1.82, 2.24) is 14.8 Å². The summed E-state index contributed by atoms with van der Waals surface area (Å²) in [5.41, 5.74) is 2.13. The number of anilines is 1. The second-order valence-corrected chi connectivity index (χ2v) is 7.33. The first-order valence-corrected chi connectivity index (χ1v) is 9.85. The molecule has 1 aromatic carbocycles. The maximum Gasteiger partial charge on any atom is 0.236 e. The van der Waals surface area contributed by atoms with Gasteiger partial charge in [0.2, 0.25) is 5.91 Å². The molecule has 0 unspecified atom stereocenters. The molecule has 1 aromatic heterocycles. The van der Waals surface area contributed by atoms with Crippen LogP contribution in [0.3, 0.4) is 0 Å². The van der Waals surface area contributed by atoms with Crippen LogP contribution < -0.4 is 14.4 Å². The van der Waals surface area contributed by atoms with E-state index in [1.165, 1.54) is 0 Å². The molecular weight excluding hydrogens is 368 g/mol. The highest BCUT2D eigenvalue weighted by atomic mass is 16.5. The number of aryl methyl sites for hydroxylation is 1. The van der Waals surface area contributed by atoms with E-state index in [2.05, 4.69) is 14.8 Å². The summed E-state index contributed by atoms with van der Waals surface area (Å²) >= 11 is 0. The van der Waals surface area contributed by atoms with Crippen molar-refractivity contribution in [2.45, 2.75) is 13.5 Å². The number of benzene rings is 1. The van der Waals surface area contributed by atoms with Crippen LogP contribution >= 0.6 is 0 Å². The van der Waals surface area contributed by atoms with E-state index in [0.717, 1.165) is 43.1 Å². The lowest BCUT2D eigenvalue weighted by molar-refractivity contribution is -0.131. The van der Waals surface area contributed by atoms with Gasteiger partial charge in [-0.2, -0.15) is 0 Å². The Morgan fingerprint density at radius 3 is 2.41 bits per heavy atom. The van der Waals surface area contributed by atoms with Gasteiger partial charge >= 0.3 is 0 Å². The van der Waals surface area contributed by atoms with Crippen molar-refractivity contribution in [2.24, 2.45) is 0 Å². The summed E-state index contributed by atoms with van der Waals surface area (Å²) in [6.07, 6.45) is 1.82. The van der Waals surface area contributed by atoms with Gasteiger partial charge < -0.3 is 19.3 Å². The third-order valence-electron chi connectivity index (χ3n) is 5.38. The van der Waals surface area contributed by atoms with Gasteiger partial charge in [0.1, 0.15) is 5.82 Å². The number of piperazine rings is 1. The molecule has 1 fully saturated rings. The standard InChI is InChI=1S/C22H30N4O3/c1-17-13-19(28-3)20(29-4)14-18(17)15-24(2)22(27)16-25-9-11-26(12-10-25)21-7-5-6-8-23-21/h5-8,13-14H,9-12,15-16H2,1-4H3. The van der Waals surface area contributed by atoms with Crippen LogP contribution in [-0.2, 0) is 11.3 Å². The Bertz CT molecular complexity index is 820. The SMILES string of the molecule is COc1cc(C)c(CN(C)C(=O)CN2CCN(c3ccccn3)CC2)cc1OC. The highest BCUT2D eigenvalue weighted by Crippen LogP contribution is 2.30. The second-order valence-electron chi connectivity index (χ2n) is 7.33. The Hall–Kier alpha value is -2.80. The fourth-order valence-corrected chi connectivity index (χ4v) is 3.52. The van der Waals surface area contributed by atoms with Gasteiger partial charge in [0.15, 0.2) is 11.5 Å². The fourth-order valence-electron chi connectivity index (χ4n) is 3.52. The van der Waals surface area contributed by atoms with Gasteiger partial charge in [-0.15, -0.1) is 0 Å². The number of aromatic nitrogens is 1. The molecule has 3 rings (SSSR count). The van der Waals surface area contributed by atoms with E-state index < -0.39 is 0 Å².